The highest BCUT2D eigenvalue weighted by Gasteiger charge is 2.15. The van der Waals surface area contributed by atoms with Gasteiger partial charge in [0.1, 0.15) is 0 Å². The lowest BCUT2D eigenvalue weighted by molar-refractivity contribution is 0.460. The molecule has 0 saturated carbocycles. The average Bonchev–Trinajstić information content (AvgIpc) is 2.49. The van der Waals surface area contributed by atoms with Gasteiger partial charge in [-0.3, -0.25) is 0 Å². The Hall–Kier alpha value is -1.74. The van der Waals surface area contributed by atoms with Crippen molar-refractivity contribution in [2.24, 2.45) is 0 Å². The highest BCUT2D eigenvalue weighted by molar-refractivity contribution is 5.54. The first-order valence-electron chi connectivity index (χ1n) is 6.51. The Morgan fingerprint density at radius 3 is 2.50 bits per heavy atom. The van der Waals surface area contributed by atoms with Crippen LogP contribution in [0.15, 0.2) is 42.7 Å². The van der Waals surface area contributed by atoms with Crippen molar-refractivity contribution >= 4 is 0 Å². The van der Waals surface area contributed by atoms with E-state index in [1.165, 1.54) is 18.4 Å². The molecule has 1 saturated heterocycles. The van der Waals surface area contributed by atoms with Crippen molar-refractivity contribution in [2.45, 2.75) is 18.8 Å². The van der Waals surface area contributed by atoms with Gasteiger partial charge in [0.15, 0.2) is 5.82 Å². The molecule has 1 aliphatic heterocycles. The largest absolute Gasteiger partial charge is 0.316 e. The Labute approximate surface area is 107 Å². The average molecular weight is 239 g/mol. The van der Waals surface area contributed by atoms with Gasteiger partial charge in [-0.05, 0) is 30.9 Å². The summed E-state index contributed by atoms with van der Waals surface area (Å²) in [4.78, 5) is 8.97. The summed E-state index contributed by atoms with van der Waals surface area (Å²) in [6.07, 6.45) is 6.44. The van der Waals surface area contributed by atoms with E-state index in [1.807, 2.05) is 42.7 Å². The van der Waals surface area contributed by atoms with Crippen LogP contribution >= 0.6 is 0 Å². The van der Waals surface area contributed by atoms with Crippen molar-refractivity contribution in [3.8, 4) is 11.4 Å². The van der Waals surface area contributed by atoms with Gasteiger partial charge in [0.05, 0.1) is 0 Å². The molecule has 3 rings (SSSR count). The van der Waals surface area contributed by atoms with Crippen molar-refractivity contribution in [1.29, 1.82) is 0 Å². The minimum atomic E-state index is 0.573. The normalized spacial score (nSPS) is 19.7. The summed E-state index contributed by atoms with van der Waals surface area (Å²) in [5, 5.41) is 3.42. The lowest BCUT2D eigenvalue weighted by atomic mass is 9.94. The topological polar surface area (TPSA) is 37.8 Å². The molecule has 92 valence electrons. The fourth-order valence-corrected chi connectivity index (χ4v) is 2.42. The quantitative estimate of drug-likeness (QED) is 0.875. The molecule has 0 aliphatic carbocycles. The lowest BCUT2D eigenvalue weighted by Gasteiger charge is -2.22. The first-order valence-corrected chi connectivity index (χ1v) is 6.51. The van der Waals surface area contributed by atoms with E-state index in [-0.39, 0.29) is 0 Å². The molecule has 2 heterocycles. The van der Waals surface area contributed by atoms with E-state index in [9.17, 15) is 0 Å². The molecule has 1 aromatic carbocycles. The van der Waals surface area contributed by atoms with Gasteiger partial charge in [-0.1, -0.05) is 30.3 Å². The maximum Gasteiger partial charge on any atom is 0.159 e. The van der Waals surface area contributed by atoms with E-state index in [2.05, 4.69) is 15.3 Å². The molecular weight excluding hydrogens is 222 g/mol. The van der Waals surface area contributed by atoms with E-state index in [1.54, 1.807) is 0 Å². The van der Waals surface area contributed by atoms with Crippen LogP contribution in [0.1, 0.15) is 24.3 Å². The van der Waals surface area contributed by atoms with Crippen LogP contribution in [0.25, 0.3) is 11.4 Å². The zero-order valence-electron chi connectivity index (χ0n) is 10.3. The maximum atomic E-state index is 4.49. The summed E-state index contributed by atoms with van der Waals surface area (Å²) in [5.41, 5.74) is 2.33. The van der Waals surface area contributed by atoms with Gasteiger partial charge >= 0.3 is 0 Å². The zero-order valence-corrected chi connectivity index (χ0v) is 10.3. The van der Waals surface area contributed by atoms with Gasteiger partial charge < -0.3 is 5.32 Å². The summed E-state index contributed by atoms with van der Waals surface area (Å²) in [6.45, 7) is 2.19. The third kappa shape index (κ3) is 2.41. The summed E-state index contributed by atoms with van der Waals surface area (Å²) < 4.78 is 0. The second-order valence-electron chi connectivity index (χ2n) is 4.75. The van der Waals surface area contributed by atoms with E-state index < -0.39 is 0 Å². The van der Waals surface area contributed by atoms with Crippen LogP contribution in [0, 0.1) is 0 Å². The highest BCUT2D eigenvalue weighted by atomic mass is 14.9. The Bertz CT molecular complexity index is 487. The minimum Gasteiger partial charge on any atom is -0.316 e. The molecule has 3 nitrogen and oxygen atoms in total. The number of hydrogen-bond acceptors (Lipinski definition) is 3. The van der Waals surface area contributed by atoms with Gasteiger partial charge in [-0.25, -0.2) is 9.97 Å². The molecule has 0 spiro atoms. The van der Waals surface area contributed by atoms with Crippen LogP contribution in [-0.2, 0) is 0 Å². The number of aromatic nitrogens is 2. The fourth-order valence-electron chi connectivity index (χ4n) is 2.42. The predicted octanol–water partition coefficient (Wildman–Crippen LogP) is 2.61. The molecule has 0 bridgehead atoms. The standard InChI is InChI=1S/C15H17N3/c1-2-5-12(6-3-1)15-17-10-14(11-18-15)13-7-4-8-16-9-13/h1-3,5-6,10-11,13,16H,4,7-9H2. The SMILES string of the molecule is c1ccc(-c2ncc(C3CCCNC3)cn2)cc1. The predicted molar refractivity (Wildman–Crippen MR) is 72.3 cm³/mol. The molecule has 3 heteroatoms. The number of piperidine rings is 1. The van der Waals surface area contributed by atoms with Crippen molar-refractivity contribution in [3.63, 3.8) is 0 Å². The number of nitrogens with zero attached hydrogens (tertiary/aromatic N) is 2. The maximum absolute atomic E-state index is 4.49. The summed E-state index contributed by atoms with van der Waals surface area (Å²) >= 11 is 0. The van der Waals surface area contributed by atoms with Crippen LogP contribution in [0.2, 0.25) is 0 Å². The molecule has 1 fully saturated rings. The smallest absolute Gasteiger partial charge is 0.159 e. The first kappa shape index (κ1) is 11.4. The van der Waals surface area contributed by atoms with Gasteiger partial charge in [0.2, 0.25) is 0 Å². The molecule has 1 N–H and O–H groups in total. The number of rotatable bonds is 2. The number of nitrogens with one attached hydrogen (secondary N) is 1. The van der Waals surface area contributed by atoms with Crippen molar-refractivity contribution < 1.29 is 0 Å². The second kappa shape index (κ2) is 5.27. The monoisotopic (exact) mass is 239 g/mol. The molecule has 0 amide bonds. The highest BCUT2D eigenvalue weighted by Crippen LogP contribution is 2.23. The molecule has 1 atom stereocenters. The zero-order chi connectivity index (χ0) is 12.2. The number of hydrogen-bond donors (Lipinski definition) is 1. The summed E-state index contributed by atoms with van der Waals surface area (Å²) in [7, 11) is 0. The molecule has 1 aromatic heterocycles. The molecule has 0 radical (unpaired) electrons. The van der Waals surface area contributed by atoms with Crippen LogP contribution < -0.4 is 5.32 Å². The molecule has 18 heavy (non-hydrogen) atoms. The first-order chi connectivity index (χ1) is 8.93. The number of benzene rings is 1. The Balaban J connectivity index is 1.80. The van der Waals surface area contributed by atoms with Crippen LogP contribution in [0.4, 0.5) is 0 Å². The van der Waals surface area contributed by atoms with Crippen molar-refractivity contribution in [1.82, 2.24) is 15.3 Å². The van der Waals surface area contributed by atoms with Crippen LogP contribution in [0.3, 0.4) is 0 Å². The van der Waals surface area contributed by atoms with E-state index in [4.69, 9.17) is 0 Å². The van der Waals surface area contributed by atoms with Crippen molar-refractivity contribution in [2.75, 3.05) is 13.1 Å². The molecular formula is C15H17N3. The fraction of sp³-hybridized carbons (Fsp3) is 0.333. The third-order valence-corrected chi connectivity index (χ3v) is 3.47. The molecule has 1 unspecified atom stereocenters. The lowest BCUT2D eigenvalue weighted by Crippen LogP contribution is -2.28. The Kier molecular flexibility index (Phi) is 3.33. The Morgan fingerprint density at radius 1 is 1.06 bits per heavy atom. The van der Waals surface area contributed by atoms with Gasteiger partial charge in [-0.2, -0.15) is 0 Å². The van der Waals surface area contributed by atoms with Crippen LogP contribution in [0.5, 0.6) is 0 Å². The Morgan fingerprint density at radius 2 is 1.83 bits per heavy atom. The van der Waals surface area contributed by atoms with E-state index >= 15 is 0 Å². The minimum absolute atomic E-state index is 0.573. The summed E-state index contributed by atoms with van der Waals surface area (Å²) in [5.74, 6) is 1.38. The molecule has 1 aliphatic rings. The third-order valence-electron chi connectivity index (χ3n) is 3.47. The van der Waals surface area contributed by atoms with E-state index in [0.29, 0.717) is 5.92 Å². The van der Waals surface area contributed by atoms with Gasteiger partial charge in [-0.15, -0.1) is 0 Å². The van der Waals surface area contributed by atoms with Crippen LogP contribution in [-0.4, -0.2) is 23.1 Å². The van der Waals surface area contributed by atoms with Gasteiger partial charge in [0.25, 0.3) is 0 Å². The van der Waals surface area contributed by atoms with Crippen molar-refractivity contribution in [3.05, 3.63) is 48.3 Å². The second-order valence-corrected chi connectivity index (χ2v) is 4.75. The van der Waals surface area contributed by atoms with Gasteiger partial charge in [0, 0.05) is 24.5 Å². The molecule has 2 aromatic rings. The van der Waals surface area contributed by atoms with E-state index in [0.717, 1.165) is 24.5 Å². The summed E-state index contributed by atoms with van der Waals surface area (Å²) in [6, 6.07) is 10.1.